The van der Waals surface area contributed by atoms with Crippen LogP contribution in [0, 0.1) is 24.7 Å². The number of rotatable bonds is 8. The van der Waals surface area contributed by atoms with Gasteiger partial charge >= 0.3 is 5.97 Å². The van der Waals surface area contributed by atoms with Gasteiger partial charge in [0.05, 0.1) is 5.56 Å². The van der Waals surface area contributed by atoms with Gasteiger partial charge < -0.3 is 21.1 Å². The zero-order valence-electron chi connectivity index (χ0n) is 21.6. The molecule has 0 radical (unpaired) electrons. The number of carbonyl (C=O) groups excluding carboxylic acids is 2. The summed E-state index contributed by atoms with van der Waals surface area (Å²) in [7, 11) is 0. The van der Waals surface area contributed by atoms with Crippen molar-refractivity contribution in [2.45, 2.75) is 65.0 Å². The monoisotopic (exact) mass is 493 g/mol. The maximum Gasteiger partial charge on any atom is 0.335 e. The van der Waals surface area contributed by atoms with Crippen LogP contribution in [0.5, 0.6) is 0 Å². The lowest BCUT2D eigenvalue weighted by atomic mass is 9.78. The Labute approximate surface area is 214 Å². The molecule has 4 N–H and O–H groups in total. The molecule has 1 aliphatic heterocycles. The molecule has 1 aromatic carbocycles. The fourth-order valence-electron chi connectivity index (χ4n) is 5.44. The zero-order valence-corrected chi connectivity index (χ0v) is 21.6. The smallest absolute Gasteiger partial charge is 0.335 e. The molecule has 1 aliphatic carbocycles. The molecule has 2 fully saturated rings. The van der Waals surface area contributed by atoms with E-state index in [0.29, 0.717) is 30.1 Å². The lowest BCUT2D eigenvalue weighted by molar-refractivity contribution is -0.141. The second-order valence-electron chi connectivity index (χ2n) is 10.1. The Kier molecular flexibility index (Phi) is 9.26. The van der Waals surface area contributed by atoms with Crippen LogP contribution in [0.1, 0.15) is 61.9 Å². The first-order chi connectivity index (χ1) is 17.1. The number of hydrogen-bond donors (Lipinski definition) is 3. The van der Waals surface area contributed by atoms with Crippen LogP contribution >= 0.6 is 0 Å². The van der Waals surface area contributed by atoms with Crippen LogP contribution in [0.3, 0.4) is 0 Å². The van der Waals surface area contributed by atoms with Gasteiger partial charge in [0.1, 0.15) is 6.04 Å². The van der Waals surface area contributed by atoms with Crippen molar-refractivity contribution in [3.05, 3.63) is 65.8 Å². The lowest BCUT2D eigenvalue weighted by Crippen LogP contribution is -2.49. The number of allylic oxidation sites excluding steroid dienone is 4. The molecule has 0 bridgehead atoms. The molecule has 1 heterocycles. The summed E-state index contributed by atoms with van der Waals surface area (Å²) in [6.45, 7) is 10.4. The van der Waals surface area contributed by atoms with Crippen molar-refractivity contribution in [3.8, 4) is 0 Å². The molecule has 2 aliphatic rings. The summed E-state index contributed by atoms with van der Waals surface area (Å²) >= 11 is 0. The quantitative estimate of drug-likeness (QED) is 0.455. The predicted octanol–water partition coefficient (Wildman–Crippen LogP) is 4.69. The number of aromatic carboxylic acids is 1. The van der Waals surface area contributed by atoms with E-state index in [1.807, 2.05) is 38.2 Å². The van der Waals surface area contributed by atoms with Gasteiger partial charge in [-0.05, 0) is 88.1 Å². The maximum absolute atomic E-state index is 13.7. The number of hydrogen-bond acceptors (Lipinski definition) is 4. The molecule has 1 saturated carbocycles. The number of benzene rings is 1. The second-order valence-corrected chi connectivity index (χ2v) is 10.1. The SMILES string of the molecule is C=C(/C=C\C=C/C)[C@@H]1CCN(C(=O)[C@H]2CC[C@H](C(C)N)CC2)[C@@H]1C(=O)Nc1ccc(C(=O)O)cc1C. The van der Waals surface area contributed by atoms with E-state index in [9.17, 15) is 19.5 Å². The number of carboxylic acids is 1. The third kappa shape index (κ3) is 6.32. The number of anilines is 1. The number of nitrogens with zero attached hydrogens (tertiary/aromatic N) is 1. The van der Waals surface area contributed by atoms with Crippen LogP contribution in [0.25, 0.3) is 0 Å². The van der Waals surface area contributed by atoms with Gasteiger partial charge in [-0.15, -0.1) is 0 Å². The zero-order chi connectivity index (χ0) is 26.4. The first-order valence-electron chi connectivity index (χ1n) is 12.8. The molecule has 1 unspecified atom stereocenters. The van der Waals surface area contributed by atoms with Crippen LogP contribution in [0.2, 0.25) is 0 Å². The topological polar surface area (TPSA) is 113 Å². The average Bonchev–Trinajstić information content (AvgIpc) is 3.30. The van der Waals surface area contributed by atoms with E-state index >= 15 is 0 Å². The fraction of sp³-hybridized carbons (Fsp3) is 0.483. The molecule has 1 saturated heterocycles. The van der Waals surface area contributed by atoms with Gasteiger partial charge in [-0.3, -0.25) is 9.59 Å². The number of likely N-dealkylation sites (tertiary alicyclic amines) is 1. The summed E-state index contributed by atoms with van der Waals surface area (Å²) < 4.78 is 0. The molecule has 0 aromatic heterocycles. The molecule has 36 heavy (non-hydrogen) atoms. The summed E-state index contributed by atoms with van der Waals surface area (Å²) in [5, 5.41) is 12.2. The van der Waals surface area contributed by atoms with Gasteiger partial charge in [0.2, 0.25) is 11.8 Å². The summed E-state index contributed by atoms with van der Waals surface area (Å²) in [4.78, 5) is 40.3. The molecule has 2 amide bonds. The highest BCUT2D eigenvalue weighted by Gasteiger charge is 2.44. The van der Waals surface area contributed by atoms with E-state index in [4.69, 9.17) is 5.73 Å². The number of nitrogens with one attached hydrogen (secondary N) is 1. The molecule has 194 valence electrons. The van der Waals surface area contributed by atoms with Gasteiger partial charge in [0, 0.05) is 30.1 Å². The van der Waals surface area contributed by atoms with Crippen molar-refractivity contribution in [1.29, 1.82) is 0 Å². The van der Waals surface area contributed by atoms with Crippen molar-refractivity contribution >= 4 is 23.5 Å². The van der Waals surface area contributed by atoms with Crippen molar-refractivity contribution in [2.75, 3.05) is 11.9 Å². The third-order valence-corrected chi connectivity index (χ3v) is 7.64. The van der Waals surface area contributed by atoms with E-state index in [2.05, 4.69) is 11.9 Å². The van der Waals surface area contributed by atoms with E-state index in [1.54, 1.807) is 17.9 Å². The standard InChI is InChI=1S/C29H39N3O4/c1-5-6-7-8-18(2)24-15-16-32(28(34)22-11-9-21(10-12-22)20(4)30)26(24)27(33)31-25-14-13-23(29(35)36)17-19(25)3/h5-8,13-14,17,20-22,24,26H,2,9-12,15-16,30H2,1,3-4H3,(H,31,33)(H,35,36)/b6-5-,8-7-/t20?,21-,22-,24-,26-/m0/s1. The number of amides is 2. The van der Waals surface area contributed by atoms with Crippen LogP contribution in [0.4, 0.5) is 5.69 Å². The van der Waals surface area contributed by atoms with Gasteiger partial charge in [-0.1, -0.05) is 30.9 Å². The van der Waals surface area contributed by atoms with Gasteiger partial charge in [0.25, 0.3) is 0 Å². The first-order valence-corrected chi connectivity index (χ1v) is 12.8. The van der Waals surface area contributed by atoms with E-state index in [-0.39, 0.29) is 35.3 Å². The Hall–Kier alpha value is -3.19. The van der Waals surface area contributed by atoms with E-state index in [1.165, 1.54) is 12.1 Å². The molecular formula is C29H39N3O4. The summed E-state index contributed by atoms with van der Waals surface area (Å²) in [6.07, 6.45) is 11.7. The highest BCUT2D eigenvalue weighted by molar-refractivity contribution is 5.99. The average molecular weight is 494 g/mol. The summed E-state index contributed by atoms with van der Waals surface area (Å²) in [5.41, 5.74) is 8.24. The minimum Gasteiger partial charge on any atom is -0.478 e. The lowest BCUT2D eigenvalue weighted by Gasteiger charge is -2.34. The third-order valence-electron chi connectivity index (χ3n) is 7.64. The number of carboxylic acid groups (broad SMARTS) is 1. The highest BCUT2D eigenvalue weighted by atomic mass is 16.4. The number of aryl methyl sites for hydroxylation is 1. The Morgan fingerprint density at radius 2 is 1.86 bits per heavy atom. The minimum absolute atomic E-state index is 0.0314. The van der Waals surface area contributed by atoms with Crippen molar-refractivity contribution < 1.29 is 19.5 Å². The Morgan fingerprint density at radius 1 is 1.17 bits per heavy atom. The maximum atomic E-state index is 13.7. The molecule has 3 rings (SSSR count). The van der Waals surface area contributed by atoms with E-state index < -0.39 is 12.0 Å². The summed E-state index contributed by atoms with van der Waals surface area (Å²) in [5.74, 6) is -1.13. The van der Waals surface area contributed by atoms with Crippen LogP contribution in [0.15, 0.2) is 54.7 Å². The second kappa shape index (κ2) is 12.2. The first kappa shape index (κ1) is 27.4. The molecule has 3 atom stereocenters. The van der Waals surface area contributed by atoms with Gasteiger partial charge in [-0.25, -0.2) is 4.79 Å². The summed E-state index contributed by atoms with van der Waals surface area (Å²) in [6, 6.07) is 4.05. The van der Waals surface area contributed by atoms with Gasteiger partial charge in [-0.2, -0.15) is 0 Å². The molecule has 7 nitrogen and oxygen atoms in total. The highest BCUT2D eigenvalue weighted by Crippen LogP contribution is 2.37. The largest absolute Gasteiger partial charge is 0.478 e. The fourth-order valence-corrected chi connectivity index (χ4v) is 5.44. The number of carbonyl (C=O) groups is 3. The van der Waals surface area contributed by atoms with Gasteiger partial charge in [0.15, 0.2) is 0 Å². The molecule has 0 spiro atoms. The van der Waals surface area contributed by atoms with Crippen molar-refractivity contribution in [2.24, 2.45) is 23.5 Å². The van der Waals surface area contributed by atoms with Crippen molar-refractivity contribution in [3.63, 3.8) is 0 Å². The number of nitrogens with two attached hydrogens (primary N) is 1. The molecule has 7 heteroatoms. The Morgan fingerprint density at radius 3 is 2.44 bits per heavy atom. The Balaban J connectivity index is 1.83. The van der Waals surface area contributed by atoms with Crippen LogP contribution in [-0.4, -0.2) is 46.4 Å². The van der Waals surface area contributed by atoms with Crippen LogP contribution < -0.4 is 11.1 Å². The predicted molar refractivity (Wildman–Crippen MR) is 143 cm³/mol. The minimum atomic E-state index is -1.02. The molecular weight excluding hydrogens is 454 g/mol. The van der Waals surface area contributed by atoms with E-state index in [0.717, 1.165) is 31.3 Å². The normalized spacial score (nSPS) is 25.3. The van der Waals surface area contributed by atoms with Crippen LogP contribution in [-0.2, 0) is 9.59 Å². The molecule has 1 aromatic rings. The van der Waals surface area contributed by atoms with Crippen molar-refractivity contribution in [1.82, 2.24) is 4.90 Å². The Bertz CT molecular complexity index is 1050.